The molecule has 3 atom stereocenters. The quantitative estimate of drug-likeness (QED) is 0.593. The van der Waals surface area contributed by atoms with Gasteiger partial charge in [-0.05, 0) is 95.7 Å². The molecule has 186 valence electrons. The van der Waals surface area contributed by atoms with Gasteiger partial charge in [0.05, 0.1) is 11.3 Å². The Hall–Kier alpha value is -2.80. The first kappa shape index (κ1) is 23.9. The predicted octanol–water partition coefficient (Wildman–Crippen LogP) is 4.41. The lowest BCUT2D eigenvalue weighted by atomic mass is 9.96. The van der Waals surface area contributed by atoms with Gasteiger partial charge < -0.3 is 20.3 Å². The van der Waals surface area contributed by atoms with E-state index in [1.807, 2.05) is 19.1 Å². The van der Waals surface area contributed by atoms with Crippen molar-refractivity contribution in [3.05, 3.63) is 52.7 Å². The van der Waals surface area contributed by atoms with Crippen molar-refractivity contribution in [2.45, 2.75) is 89.1 Å². The second-order valence-corrected chi connectivity index (χ2v) is 11.0. The molecule has 2 bridgehead atoms. The van der Waals surface area contributed by atoms with Crippen LogP contribution >= 0.6 is 11.6 Å². The van der Waals surface area contributed by atoms with Gasteiger partial charge in [-0.1, -0.05) is 11.6 Å². The summed E-state index contributed by atoms with van der Waals surface area (Å²) in [7, 11) is 0. The lowest BCUT2D eigenvalue weighted by Crippen LogP contribution is -2.55. The predicted molar refractivity (Wildman–Crippen MR) is 136 cm³/mol. The number of piperidine rings is 1. The van der Waals surface area contributed by atoms with E-state index in [0.717, 1.165) is 50.0 Å². The Balaban J connectivity index is 1.21. The molecule has 8 heteroatoms. The van der Waals surface area contributed by atoms with E-state index in [4.69, 9.17) is 21.3 Å². The molecule has 2 amide bonds. The van der Waals surface area contributed by atoms with Gasteiger partial charge >= 0.3 is 0 Å². The number of ether oxygens (including phenoxy) is 1. The number of nitrogens with one attached hydrogen (secondary N) is 2. The Kier molecular flexibility index (Phi) is 6.38. The molecule has 3 aliphatic rings. The molecule has 1 aliphatic carbocycles. The molecule has 2 N–H and O–H groups in total. The number of anilines is 1. The van der Waals surface area contributed by atoms with Crippen LogP contribution in [0.25, 0.3) is 0 Å². The van der Waals surface area contributed by atoms with Gasteiger partial charge in [0.2, 0.25) is 0 Å². The summed E-state index contributed by atoms with van der Waals surface area (Å²) in [4.78, 5) is 32.8. The third kappa shape index (κ3) is 5.25. The third-order valence-electron chi connectivity index (χ3n) is 7.29. The summed E-state index contributed by atoms with van der Waals surface area (Å²) in [6.07, 6.45) is 6.01. The van der Waals surface area contributed by atoms with E-state index in [1.165, 1.54) is 0 Å². The van der Waals surface area contributed by atoms with Crippen LogP contribution in [0.5, 0.6) is 5.75 Å². The van der Waals surface area contributed by atoms with E-state index >= 15 is 0 Å². The molecule has 3 fully saturated rings. The molecule has 7 nitrogen and oxygen atoms in total. The number of carbonyl (C=O) groups is 2. The number of hydrogen-bond acceptors (Lipinski definition) is 5. The number of amides is 2. The maximum atomic E-state index is 13.1. The number of halogens is 1. The van der Waals surface area contributed by atoms with Crippen LogP contribution in [0.2, 0.25) is 5.02 Å². The van der Waals surface area contributed by atoms with Crippen molar-refractivity contribution in [2.24, 2.45) is 0 Å². The van der Waals surface area contributed by atoms with Gasteiger partial charge in [0.15, 0.2) is 5.60 Å². The number of benzene rings is 1. The van der Waals surface area contributed by atoms with Crippen LogP contribution in [0, 0.1) is 6.92 Å². The van der Waals surface area contributed by atoms with Gasteiger partial charge in [-0.2, -0.15) is 0 Å². The van der Waals surface area contributed by atoms with E-state index in [9.17, 15) is 9.59 Å². The molecule has 1 saturated carbocycles. The third-order valence-corrected chi connectivity index (χ3v) is 7.55. The van der Waals surface area contributed by atoms with Crippen molar-refractivity contribution < 1.29 is 14.3 Å². The molecule has 35 heavy (non-hydrogen) atoms. The summed E-state index contributed by atoms with van der Waals surface area (Å²) in [5.74, 6) is 1.39. The molecule has 0 radical (unpaired) electrons. The van der Waals surface area contributed by atoms with Crippen LogP contribution in [0.15, 0.2) is 36.4 Å². The number of carbonyl (C=O) groups excluding carboxylic acids is 2. The molecule has 5 rings (SSSR count). The van der Waals surface area contributed by atoms with E-state index in [0.29, 0.717) is 34.5 Å². The number of pyridine rings is 1. The zero-order valence-electron chi connectivity index (χ0n) is 20.5. The zero-order valence-corrected chi connectivity index (χ0v) is 21.3. The minimum Gasteiger partial charge on any atom is -0.478 e. The average Bonchev–Trinajstić information content (AvgIpc) is 3.58. The van der Waals surface area contributed by atoms with Gasteiger partial charge in [0, 0.05) is 29.2 Å². The number of aryl methyl sites for hydroxylation is 1. The normalized spacial score (nSPS) is 23.7. The molecule has 1 unspecified atom stereocenters. The Morgan fingerprint density at radius 3 is 2.23 bits per heavy atom. The molecule has 3 heterocycles. The monoisotopic (exact) mass is 496 g/mol. The summed E-state index contributed by atoms with van der Waals surface area (Å²) in [5, 5.41) is 6.91. The fourth-order valence-electron chi connectivity index (χ4n) is 5.29. The van der Waals surface area contributed by atoms with Crippen LogP contribution in [-0.4, -0.2) is 46.6 Å². The lowest BCUT2D eigenvalue weighted by Gasteiger charge is -2.41. The van der Waals surface area contributed by atoms with E-state index in [-0.39, 0.29) is 17.9 Å². The minimum absolute atomic E-state index is 0.0307. The molecule has 2 aliphatic heterocycles. The van der Waals surface area contributed by atoms with Crippen LogP contribution in [0.4, 0.5) is 5.82 Å². The van der Waals surface area contributed by atoms with Gasteiger partial charge in [0.25, 0.3) is 11.8 Å². The van der Waals surface area contributed by atoms with Crippen molar-refractivity contribution in [3.8, 4) is 5.75 Å². The summed E-state index contributed by atoms with van der Waals surface area (Å²) < 4.78 is 5.97. The first-order valence-electron chi connectivity index (χ1n) is 12.5. The molecular weight excluding hydrogens is 464 g/mol. The number of rotatable bonds is 7. The Bertz CT molecular complexity index is 1100. The lowest BCUT2D eigenvalue weighted by molar-refractivity contribution is -0.135. The van der Waals surface area contributed by atoms with Crippen LogP contribution in [0.1, 0.15) is 68.4 Å². The molecule has 0 spiro atoms. The van der Waals surface area contributed by atoms with E-state index in [2.05, 4.69) is 15.5 Å². The summed E-state index contributed by atoms with van der Waals surface area (Å²) >= 11 is 5.95. The van der Waals surface area contributed by atoms with Crippen molar-refractivity contribution in [1.29, 1.82) is 0 Å². The van der Waals surface area contributed by atoms with Crippen LogP contribution < -0.4 is 20.3 Å². The van der Waals surface area contributed by atoms with Gasteiger partial charge in [0.1, 0.15) is 11.6 Å². The molecule has 1 aromatic heterocycles. The largest absolute Gasteiger partial charge is 0.478 e. The van der Waals surface area contributed by atoms with Gasteiger partial charge in [-0.15, -0.1) is 0 Å². The minimum atomic E-state index is -1.00. The van der Waals surface area contributed by atoms with E-state index < -0.39 is 5.60 Å². The smallest absolute Gasteiger partial charge is 0.263 e. The highest BCUT2D eigenvalue weighted by Gasteiger charge is 2.43. The van der Waals surface area contributed by atoms with Gasteiger partial charge in [-0.25, -0.2) is 4.98 Å². The maximum Gasteiger partial charge on any atom is 0.263 e. The first-order chi connectivity index (χ1) is 16.7. The number of aromatic nitrogens is 1. The fourth-order valence-corrected chi connectivity index (χ4v) is 5.42. The highest BCUT2D eigenvalue weighted by atomic mass is 35.5. The highest BCUT2D eigenvalue weighted by molar-refractivity contribution is 6.30. The SMILES string of the molecule is Cc1nc(N2[C@@H]3CC[C@H]2CC(NC(=O)C(C)(C)Oc2ccc(Cl)cc2)C3)ccc1C(=O)NC1CC1. The second kappa shape index (κ2) is 9.34. The topological polar surface area (TPSA) is 83.6 Å². The molecule has 2 saturated heterocycles. The van der Waals surface area contributed by atoms with E-state index in [1.54, 1.807) is 38.1 Å². The number of fused-ring (bicyclic) bond motifs is 2. The van der Waals surface area contributed by atoms with Crippen molar-refractivity contribution in [1.82, 2.24) is 15.6 Å². The Morgan fingerprint density at radius 1 is 0.971 bits per heavy atom. The summed E-state index contributed by atoms with van der Waals surface area (Å²) in [5.41, 5.74) is 0.411. The fraction of sp³-hybridized carbons (Fsp3) is 0.519. The zero-order chi connectivity index (χ0) is 24.7. The average molecular weight is 497 g/mol. The van der Waals surface area contributed by atoms with Crippen molar-refractivity contribution >= 4 is 29.2 Å². The van der Waals surface area contributed by atoms with Gasteiger partial charge in [-0.3, -0.25) is 9.59 Å². The van der Waals surface area contributed by atoms with Crippen LogP contribution in [-0.2, 0) is 4.79 Å². The Morgan fingerprint density at radius 2 is 1.63 bits per heavy atom. The van der Waals surface area contributed by atoms with Crippen molar-refractivity contribution in [3.63, 3.8) is 0 Å². The summed E-state index contributed by atoms with van der Waals surface area (Å²) in [6.45, 7) is 5.48. The highest BCUT2D eigenvalue weighted by Crippen LogP contribution is 2.39. The first-order valence-corrected chi connectivity index (χ1v) is 12.9. The number of hydrogen-bond donors (Lipinski definition) is 2. The van der Waals surface area contributed by atoms with Crippen molar-refractivity contribution in [2.75, 3.05) is 4.90 Å². The molecular formula is C27H33ClN4O3. The molecule has 2 aromatic rings. The standard InChI is InChI=1S/C27H33ClN4O3/c1-16-23(25(33)30-18-6-7-18)12-13-24(29-16)32-20-8-9-21(32)15-19(14-20)31-26(34)27(2,3)35-22-10-4-17(28)5-11-22/h4-5,10-13,18-21H,6-9,14-15H2,1-3H3,(H,30,33)(H,31,34)/t19?,20-,21+. The summed E-state index contributed by atoms with van der Waals surface area (Å²) in [6, 6.07) is 12.0. The Labute approximate surface area is 211 Å². The van der Waals surface area contributed by atoms with Crippen LogP contribution in [0.3, 0.4) is 0 Å². The second-order valence-electron chi connectivity index (χ2n) is 10.6. The number of nitrogens with zero attached hydrogens (tertiary/aromatic N) is 2. The maximum absolute atomic E-state index is 13.1. The molecule has 1 aromatic carbocycles.